The molecular formula is C8H12N2O. The Bertz CT molecular complexity index is 235. The summed E-state index contributed by atoms with van der Waals surface area (Å²) in [5.41, 5.74) is 7.26. The first-order valence-electron chi connectivity index (χ1n) is 3.55. The van der Waals surface area contributed by atoms with Crippen LogP contribution >= 0.6 is 0 Å². The molecule has 1 aromatic rings. The molecule has 0 aromatic carbocycles. The molecule has 3 nitrogen and oxygen atoms in total. The van der Waals surface area contributed by atoms with E-state index in [1.54, 1.807) is 12.3 Å². The Labute approximate surface area is 65.9 Å². The molecule has 0 saturated carbocycles. The summed E-state index contributed by atoms with van der Waals surface area (Å²) >= 11 is 0. The summed E-state index contributed by atoms with van der Waals surface area (Å²) in [6.45, 7) is 1.91. The van der Waals surface area contributed by atoms with E-state index in [9.17, 15) is 0 Å². The highest BCUT2D eigenvalue weighted by atomic mass is 16.3. The third-order valence-corrected chi connectivity index (χ3v) is 1.49. The van der Waals surface area contributed by atoms with Crippen molar-refractivity contribution >= 4 is 0 Å². The molecule has 3 N–H and O–H groups in total. The van der Waals surface area contributed by atoms with E-state index in [1.165, 1.54) is 0 Å². The maximum absolute atomic E-state index is 8.78. The average molecular weight is 152 g/mol. The lowest BCUT2D eigenvalue weighted by molar-refractivity contribution is 0.281. The highest BCUT2D eigenvalue weighted by Crippen LogP contribution is 2.07. The van der Waals surface area contributed by atoms with Crippen molar-refractivity contribution in [1.29, 1.82) is 0 Å². The van der Waals surface area contributed by atoms with Gasteiger partial charge in [0.05, 0.1) is 12.3 Å². The predicted molar refractivity (Wildman–Crippen MR) is 42.8 cm³/mol. The summed E-state index contributed by atoms with van der Waals surface area (Å²) in [5, 5.41) is 8.78. The van der Waals surface area contributed by atoms with Crippen molar-refractivity contribution < 1.29 is 5.11 Å². The molecule has 0 spiro atoms. The van der Waals surface area contributed by atoms with Gasteiger partial charge in [-0.15, -0.1) is 0 Å². The second kappa shape index (κ2) is 3.46. The SMILES string of the molecule is CC(N)c1cc(CO)ccn1. The van der Waals surface area contributed by atoms with Crippen LogP contribution in [0.1, 0.15) is 24.2 Å². The molecule has 0 amide bonds. The van der Waals surface area contributed by atoms with Gasteiger partial charge < -0.3 is 10.8 Å². The van der Waals surface area contributed by atoms with Gasteiger partial charge in [0, 0.05) is 12.2 Å². The highest BCUT2D eigenvalue weighted by molar-refractivity contribution is 5.17. The molecule has 0 radical (unpaired) electrons. The Morgan fingerprint density at radius 3 is 3.00 bits per heavy atom. The summed E-state index contributed by atoms with van der Waals surface area (Å²) in [7, 11) is 0. The third kappa shape index (κ3) is 2.00. The zero-order chi connectivity index (χ0) is 8.27. The van der Waals surface area contributed by atoms with Crippen LogP contribution in [0.15, 0.2) is 18.3 Å². The standard InChI is InChI=1S/C8H12N2O/c1-6(9)8-4-7(5-11)2-3-10-8/h2-4,6,11H,5,9H2,1H3. The second-order valence-electron chi connectivity index (χ2n) is 2.54. The fraction of sp³-hybridized carbons (Fsp3) is 0.375. The first-order chi connectivity index (χ1) is 5.24. The molecule has 1 rings (SSSR count). The van der Waals surface area contributed by atoms with Crippen LogP contribution in [0, 0.1) is 0 Å². The maximum Gasteiger partial charge on any atom is 0.0683 e. The summed E-state index contributed by atoms with van der Waals surface area (Å²) in [6.07, 6.45) is 1.66. The Balaban J connectivity index is 2.91. The van der Waals surface area contributed by atoms with E-state index in [0.29, 0.717) is 0 Å². The van der Waals surface area contributed by atoms with Crippen LogP contribution in [-0.4, -0.2) is 10.1 Å². The van der Waals surface area contributed by atoms with Crippen molar-refractivity contribution in [2.24, 2.45) is 5.73 Å². The van der Waals surface area contributed by atoms with Crippen LogP contribution in [0.5, 0.6) is 0 Å². The van der Waals surface area contributed by atoms with Gasteiger partial charge >= 0.3 is 0 Å². The number of hydrogen-bond donors (Lipinski definition) is 2. The van der Waals surface area contributed by atoms with Crippen molar-refractivity contribution in [3.8, 4) is 0 Å². The number of aromatic nitrogens is 1. The van der Waals surface area contributed by atoms with E-state index in [4.69, 9.17) is 10.8 Å². The number of nitrogens with two attached hydrogens (primary N) is 1. The van der Waals surface area contributed by atoms with Gasteiger partial charge in [-0.25, -0.2) is 0 Å². The topological polar surface area (TPSA) is 59.1 Å². The molecule has 0 saturated heterocycles. The monoisotopic (exact) mass is 152 g/mol. The molecule has 0 aliphatic carbocycles. The van der Waals surface area contributed by atoms with Crippen LogP contribution in [0.3, 0.4) is 0 Å². The van der Waals surface area contributed by atoms with Crippen LogP contribution in [0.4, 0.5) is 0 Å². The largest absolute Gasteiger partial charge is 0.392 e. The lowest BCUT2D eigenvalue weighted by atomic mass is 10.2. The van der Waals surface area contributed by atoms with E-state index in [1.807, 2.05) is 13.0 Å². The molecule has 1 unspecified atom stereocenters. The first-order valence-corrected chi connectivity index (χ1v) is 3.55. The van der Waals surface area contributed by atoms with Crippen LogP contribution in [0.25, 0.3) is 0 Å². The van der Waals surface area contributed by atoms with Crippen molar-refractivity contribution in [1.82, 2.24) is 4.98 Å². The summed E-state index contributed by atoms with van der Waals surface area (Å²) in [6, 6.07) is 3.51. The number of pyridine rings is 1. The van der Waals surface area contributed by atoms with Gasteiger partial charge in [0.15, 0.2) is 0 Å². The number of aliphatic hydroxyl groups excluding tert-OH is 1. The van der Waals surface area contributed by atoms with Crippen molar-refractivity contribution in [2.45, 2.75) is 19.6 Å². The van der Waals surface area contributed by atoms with E-state index >= 15 is 0 Å². The molecule has 1 atom stereocenters. The van der Waals surface area contributed by atoms with Gasteiger partial charge in [-0.05, 0) is 24.6 Å². The molecule has 1 heterocycles. The molecule has 0 fully saturated rings. The Kier molecular flexibility index (Phi) is 2.57. The fourth-order valence-electron chi connectivity index (χ4n) is 0.842. The third-order valence-electron chi connectivity index (χ3n) is 1.49. The molecular weight excluding hydrogens is 140 g/mol. The summed E-state index contributed by atoms with van der Waals surface area (Å²) < 4.78 is 0. The predicted octanol–water partition coefficient (Wildman–Crippen LogP) is 0.594. The number of hydrogen-bond acceptors (Lipinski definition) is 3. The zero-order valence-corrected chi connectivity index (χ0v) is 6.49. The maximum atomic E-state index is 8.78. The number of nitrogens with zero attached hydrogens (tertiary/aromatic N) is 1. The zero-order valence-electron chi connectivity index (χ0n) is 6.49. The van der Waals surface area contributed by atoms with Crippen LogP contribution in [-0.2, 0) is 6.61 Å². The van der Waals surface area contributed by atoms with E-state index < -0.39 is 0 Å². The van der Waals surface area contributed by atoms with Gasteiger partial charge in [0.25, 0.3) is 0 Å². The van der Waals surface area contributed by atoms with Gasteiger partial charge in [-0.3, -0.25) is 4.98 Å². The molecule has 60 valence electrons. The molecule has 11 heavy (non-hydrogen) atoms. The normalized spacial score (nSPS) is 13.0. The smallest absolute Gasteiger partial charge is 0.0683 e. The second-order valence-corrected chi connectivity index (χ2v) is 2.54. The number of rotatable bonds is 2. The average Bonchev–Trinajstić information content (AvgIpc) is 2.05. The lowest BCUT2D eigenvalue weighted by Gasteiger charge is -2.04. The summed E-state index contributed by atoms with van der Waals surface area (Å²) in [4.78, 5) is 4.05. The Morgan fingerprint density at radius 2 is 2.45 bits per heavy atom. The van der Waals surface area contributed by atoms with E-state index in [-0.39, 0.29) is 12.6 Å². The quantitative estimate of drug-likeness (QED) is 0.652. The van der Waals surface area contributed by atoms with Crippen molar-refractivity contribution in [3.05, 3.63) is 29.6 Å². The first kappa shape index (κ1) is 8.17. The molecule has 3 heteroatoms. The van der Waals surface area contributed by atoms with Crippen LogP contribution < -0.4 is 5.73 Å². The van der Waals surface area contributed by atoms with Gasteiger partial charge in [-0.1, -0.05) is 0 Å². The van der Waals surface area contributed by atoms with Gasteiger partial charge in [0.2, 0.25) is 0 Å². The van der Waals surface area contributed by atoms with Gasteiger partial charge in [-0.2, -0.15) is 0 Å². The minimum Gasteiger partial charge on any atom is -0.392 e. The number of aliphatic hydroxyl groups is 1. The minimum absolute atomic E-state index is 0.0439. The Hall–Kier alpha value is -0.930. The minimum atomic E-state index is -0.0681. The van der Waals surface area contributed by atoms with E-state index in [0.717, 1.165) is 11.3 Å². The van der Waals surface area contributed by atoms with Crippen molar-refractivity contribution in [3.63, 3.8) is 0 Å². The molecule has 1 aromatic heterocycles. The highest BCUT2D eigenvalue weighted by Gasteiger charge is 2.00. The summed E-state index contributed by atoms with van der Waals surface area (Å²) in [5.74, 6) is 0. The van der Waals surface area contributed by atoms with Crippen molar-refractivity contribution in [2.75, 3.05) is 0 Å². The molecule has 0 aliphatic rings. The Morgan fingerprint density at radius 1 is 1.73 bits per heavy atom. The van der Waals surface area contributed by atoms with Gasteiger partial charge in [0.1, 0.15) is 0 Å². The molecule has 0 bridgehead atoms. The fourth-order valence-corrected chi connectivity index (χ4v) is 0.842. The lowest BCUT2D eigenvalue weighted by Crippen LogP contribution is -2.07. The van der Waals surface area contributed by atoms with E-state index in [2.05, 4.69) is 4.98 Å². The molecule has 0 aliphatic heterocycles. The van der Waals surface area contributed by atoms with Crippen LogP contribution in [0.2, 0.25) is 0 Å².